The number of carbonyl (C=O) groups is 2. The van der Waals surface area contributed by atoms with Crippen molar-refractivity contribution in [2.45, 2.75) is 6.61 Å². The number of imidazole rings is 1. The Morgan fingerprint density at radius 3 is 2.77 bits per heavy atom. The summed E-state index contributed by atoms with van der Waals surface area (Å²) in [4.78, 5) is 39.0. The molecule has 31 heavy (non-hydrogen) atoms. The van der Waals surface area contributed by atoms with E-state index in [2.05, 4.69) is 10.3 Å². The van der Waals surface area contributed by atoms with Crippen LogP contribution >= 0.6 is 11.3 Å². The topological polar surface area (TPSA) is 156 Å². The molecule has 0 saturated carbocycles. The Morgan fingerprint density at radius 2 is 2.10 bits per heavy atom. The maximum Gasteiger partial charge on any atom is 0.407 e. The van der Waals surface area contributed by atoms with E-state index in [0.29, 0.717) is 10.4 Å². The lowest BCUT2D eigenvalue weighted by atomic mass is 10.2. The molecule has 1 unspecified atom stereocenters. The van der Waals surface area contributed by atoms with E-state index in [0.717, 1.165) is 4.31 Å². The van der Waals surface area contributed by atoms with Crippen molar-refractivity contribution in [1.29, 1.82) is 0 Å². The lowest BCUT2D eigenvalue weighted by molar-refractivity contribution is -0.384. The third-order valence-corrected chi connectivity index (χ3v) is 5.74. The van der Waals surface area contributed by atoms with E-state index in [1.807, 2.05) is 0 Å². The van der Waals surface area contributed by atoms with Crippen LogP contribution in [0.2, 0.25) is 0 Å². The summed E-state index contributed by atoms with van der Waals surface area (Å²) in [7, 11) is 0. The molecule has 0 aliphatic carbocycles. The first-order valence-corrected chi connectivity index (χ1v) is 10.7. The van der Waals surface area contributed by atoms with Gasteiger partial charge in [-0.25, -0.2) is 14.0 Å². The number of ether oxygens (including phenoxy) is 1. The monoisotopic (exact) mass is 467 g/mol. The highest BCUT2D eigenvalue weighted by Gasteiger charge is 2.21. The summed E-state index contributed by atoms with van der Waals surface area (Å²) in [5, 5.41) is 14.8. The summed E-state index contributed by atoms with van der Waals surface area (Å²) < 4.78 is 28.7. The predicted molar refractivity (Wildman–Crippen MR) is 111 cm³/mol. The maximum atomic E-state index is 12.4. The van der Waals surface area contributed by atoms with Crippen molar-refractivity contribution in [3.05, 3.63) is 63.5 Å². The molecule has 12 nitrogen and oxygen atoms in total. The molecule has 14 heteroatoms. The lowest BCUT2D eigenvalue weighted by Gasteiger charge is -2.16. The zero-order chi connectivity index (χ0) is 22.4. The molecule has 1 aromatic carbocycles. The Hall–Kier alpha value is -3.20. The van der Waals surface area contributed by atoms with Gasteiger partial charge in [-0.1, -0.05) is 0 Å². The van der Waals surface area contributed by atoms with Gasteiger partial charge in [0.25, 0.3) is 5.69 Å². The molecule has 0 saturated heterocycles. The molecule has 0 bridgehead atoms. The number of carbonyl (C=O) groups excluding carboxylic acids is 2. The molecule has 3 rings (SSSR count). The molecule has 2 N–H and O–H groups in total. The molecule has 2 aromatic heterocycles. The molecule has 0 radical (unpaired) electrons. The number of nitro benzene ring substituents is 1. The predicted octanol–water partition coefficient (Wildman–Crippen LogP) is 1.85. The van der Waals surface area contributed by atoms with Crippen LogP contribution in [0.3, 0.4) is 0 Å². The number of thiazole rings is 1. The second kappa shape index (κ2) is 10.2. The van der Waals surface area contributed by atoms with Gasteiger partial charge in [-0.2, -0.15) is 4.31 Å². The van der Waals surface area contributed by atoms with Gasteiger partial charge in [0.15, 0.2) is 5.78 Å². The number of hydrogen-bond acceptors (Lipinski definition) is 8. The molecule has 1 amide bonds. The Kier molecular flexibility index (Phi) is 7.41. The van der Waals surface area contributed by atoms with Gasteiger partial charge in [0.05, 0.1) is 11.5 Å². The highest BCUT2D eigenvalue weighted by molar-refractivity contribution is 7.76. The summed E-state index contributed by atoms with van der Waals surface area (Å²) in [5.41, 5.74) is 0.695. The molecule has 0 spiro atoms. The number of Topliss-reactive ketones (excluding diaryl/α,β-unsaturated/α-hetero) is 1. The highest BCUT2D eigenvalue weighted by Crippen LogP contribution is 2.17. The van der Waals surface area contributed by atoms with E-state index in [1.165, 1.54) is 41.9 Å². The van der Waals surface area contributed by atoms with Gasteiger partial charge in [0, 0.05) is 36.8 Å². The molecule has 0 aliphatic heterocycles. The fourth-order valence-electron chi connectivity index (χ4n) is 2.57. The second-order valence-electron chi connectivity index (χ2n) is 6.15. The molecule has 0 aliphatic rings. The van der Waals surface area contributed by atoms with Crippen LogP contribution in [0, 0.1) is 10.1 Å². The van der Waals surface area contributed by atoms with Crippen LogP contribution in [-0.4, -0.2) is 58.9 Å². The first-order valence-electron chi connectivity index (χ1n) is 8.78. The van der Waals surface area contributed by atoms with Gasteiger partial charge >= 0.3 is 6.09 Å². The number of fused-ring (bicyclic) bond motifs is 1. The van der Waals surface area contributed by atoms with E-state index in [4.69, 9.17) is 4.74 Å². The lowest BCUT2D eigenvalue weighted by Crippen LogP contribution is -2.38. The average molecular weight is 467 g/mol. The number of aromatic nitrogens is 2. The summed E-state index contributed by atoms with van der Waals surface area (Å²) in [6.07, 6.45) is 2.46. The quantitative estimate of drug-likeness (QED) is 0.198. The molecule has 164 valence electrons. The fraction of sp³-hybridized carbons (Fsp3) is 0.235. The summed E-state index contributed by atoms with van der Waals surface area (Å²) in [5.74, 6) is -0.423. The number of benzene rings is 1. The number of rotatable bonds is 10. The smallest absolute Gasteiger partial charge is 0.407 e. The van der Waals surface area contributed by atoms with Crippen molar-refractivity contribution >= 4 is 45.0 Å². The molecule has 1 atom stereocenters. The van der Waals surface area contributed by atoms with E-state index < -0.39 is 28.1 Å². The zero-order valence-corrected chi connectivity index (χ0v) is 17.5. The normalized spacial score (nSPS) is 12.1. The number of non-ortho nitro benzene ring substituents is 1. The van der Waals surface area contributed by atoms with Crippen LogP contribution in [0.15, 0.2) is 42.2 Å². The summed E-state index contributed by atoms with van der Waals surface area (Å²) in [6.45, 7) is -0.582. The van der Waals surface area contributed by atoms with E-state index in [-0.39, 0.29) is 37.6 Å². The van der Waals surface area contributed by atoms with Gasteiger partial charge in [0.1, 0.15) is 23.5 Å². The van der Waals surface area contributed by atoms with Gasteiger partial charge in [-0.3, -0.25) is 23.9 Å². The summed E-state index contributed by atoms with van der Waals surface area (Å²) >= 11 is -1.10. The third-order valence-electron chi connectivity index (χ3n) is 4.10. The number of amides is 1. The molecular formula is C17H17N5O7S2. The van der Waals surface area contributed by atoms with Crippen LogP contribution in [0.4, 0.5) is 10.5 Å². The van der Waals surface area contributed by atoms with Crippen molar-refractivity contribution in [2.24, 2.45) is 0 Å². The Bertz CT molecular complexity index is 1110. The van der Waals surface area contributed by atoms with Crippen LogP contribution in [-0.2, 0) is 22.6 Å². The summed E-state index contributed by atoms with van der Waals surface area (Å²) in [6, 6.07) is 5.53. The van der Waals surface area contributed by atoms with Crippen molar-refractivity contribution in [1.82, 2.24) is 19.0 Å². The maximum absolute atomic E-state index is 12.4. The van der Waals surface area contributed by atoms with Crippen LogP contribution in [0.5, 0.6) is 0 Å². The SMILES string of the molecule is O=C(NCCN(CC(=O)c1ncn2ccsc12)S(=O)O)OCc1ccc([N+](=O)[O-])cc1. The number of alkyl carbamates (subject to hydrolysis) is 1. The van der Waals surface area contributed by atoms with Gasteiger partial charge in [-0.15, -0.1) is 11.3 Å². The number of nitrogens with one attached hydrogen (secondary N) is 1. The highest BCUT2D eigenvalue weighted by atomic mass is 32.2. The Morgan fingerprint density at radius 1 is 1.35 bits per heavy atom. The van der Waals surface area contributed by atoms with E-state index in [9.17, 15) is 28.5 Å². The van der Waals surface area contributed by atoms with Crippen LogP contribution in [0.1, 0.15) is 16.1 Å². The van der Waals surface area contributed by atoms with E-state index >= 15 is 0 Å². The second-order valence-corrected chi connectivity index (χ2v) is 8.02. The number of nitro groups is 1. The fourth-order valence-corrected chi connectivity index (χ4v) is 3.87. The van der Waals surface area contributed by atoms with Gasteiger partial charge < -0.3 is 10.1 Å². The minimum absolute atomic E-state index is 0.0454. The van der Waals surface area contributed by atoms with Crippen molar-refractivity contribution < 1.29 is 28.0 Å². The first-order chi connectivity index (χ1) is 14.8. The standard InChI is InChI=1S/C17H17N5O7S2/c23-14(15-16-20(11-19-15)7-8-30-16)9-21(31(27)28)6-5-18-17(24)29-10-12-1-3-13(4-2-12)22(25)26/h1-4,7-8,11H,5-6,9-10H2,(H,18,24)(H,27,28). The number of nitrogens with zero attached hydrogens (tertiary/aromatic N) is 4. The Labute approximate surface area is 182 Å². The zero-order valence-electron chi connectivity index (χ0n) is 15.9. The molecular weight excluding hydrogens is 450 g/mol. The van der Waals surface area contributed by atoms with Gasteiger partial charge in [0.2, 0.25) is 11.3 Å². The number of hydrogen-bond donors (Lipinski definition) is 2. The first kappa shape index (κ1) is 22.5. The molecule has 3 aromatic rings. The van der Waals surface area contributed by atoms with Crippen LogP contribution < -0.4 is 5.32 Å². The Balaban J connectivity index is 1.45. The van der Waals surface area contributed by atoms with Crippen molar-refractivity contribution in [3.63, 3.8) is 0 Å². The van der Waals surface area contributed by atoms with E-state index in [1.54, 1.807) is 16.0 Å². The third kappa shape index (κ3) is 5.91. The van der Waals surface area contributed by atoms with Crippen molar-refractivity contribution in [2.75, 3.05) is 19.6 Å². The largest absolute Gasteiger partial charge is 0.445 e. The minimum atomic E-state index is -2.43. The molecule has 0 fully saturated rings. The molecule has 2 heterocycles. The van der Waals surface area contributed by atoms with Gasteiger partial charge in [-0.05, 0) is 17.7 Å². The number of ketones is 1. The van der Waals surface area contributed by atoms with Crippen molar-refractivity contribution in [3.8, 4) is 0 Å². The van der Waals surface area contributed by atoms with Crippen LogP contribution in [0.25, 0.3) is 4.83 Å². The average Bonchev–Trinajstić information content (AvgIpc) is 3.35. The minimum Gasteiger partial charge on any atom is -0.445 e.